The molecule has 0 radical (unpaired) electrons. The van der Waals surface area contributed by atoms with E-state index >= 15 is 0 Å². The lowest BCUT2D eigenvalue weighted by Crippen LogP contribution is -1.85. The second kappa shape index (κ2) is 6.04. The van der Waals surface area contributed by atoms with Crippen molar-refractivity contribution < 1.29 is 4.92 Å². The average molecular weight is 338 g/mol. The molecule has 21 heavy (non-hydrogen) atoms. The summed E-state index contributed by atoms with van der Waals surface area (Å²) >= 11 is 4.46. The quantitative estimate of drug-likeness (QED) is 0.513. The fourth-order valence-corrected chi connectivity index (χ4v) is 5.02. The van der Waals surface area contributed by atoms with Crippen LogP contribution in [-0.4, -0.2) is 20.1 Å². The van der Waals surface area contributed by atoms with Crippen LogP contribution in [0.15, 0.2) is 26.9 Å². The monoisotopic (exact) mass is 338 g/mol. The number of benzene rings is 1. The van der Waals surface area contributed by atoms with Crippen molar-refractivity contribution in [3.8, 4) is 0 Å². The summed E-state index contributed by atoms with van der Waals surface area (Å²) in [5.41, 5.74) is 0.857. The van der Waals surface area contributed by atoms with Crippen molar-refractivity contribution in [2.24, 2.45) is 0 Å². The number of hydrogen-bond donors (Lipinski definition) is 0. The molecule has 0 aliphatic heterocycles. The van der Waals surface area contributed by atoms with Gasteiger partial charge >= 0.3 is 0 Å². The third-order valence-electron chi connectivity index (χ3n) is 2.65. The van der Waals surface area contributed by atoms with Crippen molar-refractivity contribution in [3.05, 3.63) is 33.3 Å². The van der Waals surface area contributed by atoms with Crippen LogP contribution in [0.5, 0.6) is 0 Å². The van der Waals surface area contributed by atoms with Gasteiger partial charge < -0.3 is 0 Å². The zero-order chi connectivity index (χ0) is 14.8. The highest BCUT2D eigenvalue weighted by Gasteiger charge is 2.13. The van der Waals surface area contributed by atoms with Gasteiger partial charge in [-0.3, -0.25) is 10.1 Å². The Morgan fingerprint density at radius 3 is 2.90 bits per heavy atom. The number of rotatable bonds is 5. The molecule has 0 amide bonds. The number of nitro groups is 1. The molecule has 0 aliphatic carbocycles. The van der Waals surface area contributed by atoms with E-state index in [0.717, 1.165) is 36.7 Å². The van der Waals surface area contributed by atoms with E-state index in [1.54, 1.807) is 23.5 Å². The van der Waals surface area contributed by atoms with Crippen molar-refractivity contribution >= 4 is 50.3 Å². The SMILES string of the molecule is CCCc1nnc(Sc2nc3ccc([N+](=O)[O-])cc3s2)s1. The largest absolute Gasteiger partial charge is 0.270 e. The van der Waals surface area contributed by atoms with E-state index in [2.05, 4.69) is 22.1 Å². The van der Waals surface area contributed by atoms with E-state index in [4.69, 9.17) is 0 Å². The summed E-state index contributed by atoms with van der Waals surface area (Å²) in [5, 5.41) is 20.1. The fraction of sp³-hybridized carbons (Fsp3) is 0.250. The molecule has 0 fully saturated rings. The minimum atomic E-state index is -0.395. The zero-order valence-electron chi connectivity index (χ0n) is 11.0. The maximum Gasteiger partial charge on any atom is 0.270 e. The molecule has 2 aromatic heterocycles. The van der Waals surface area contributed by atoms with Crippen LogP contribution in [0.3, 0.4) is 0 Å². The van der Waals surface area contributed by atoms with Crippen molar-refractivity contribution in [3.63, 3.8) is 0 Å². The minimum absolute atomic E-state index is 0.0869. The molecule has 0 atom stereocenters. The molecule has 9 heteroatoms. The zero-order valence-corrected chi connectivity index (χ0v) is 13.4. The molecule has 0 spiro atoms. The third kappa shape index (κ3) is 3.20. The standard InChI is InChI=1S/C12H10N4O2S3/c1-2-3-10-14-15-12(20-10)21-11-13-8-5-4-7(16(17)18)6-9(8)19-11/h4-6H,2-3H2,1H3. The van der Waals surface area contributed by atoms with Gasteiger partial charge in [0.2, 0.25) is 0 Å². The highest BCUT2D eigenvalue weighted by atomic mass is 32.2. The third-order valence-corrected chi connectivity index (χ3v) is 5.76. The maximum atomic E-state index is 10.8. The number of nitrogens with zero attached hydrogens (tertiary/aromatic N) is 4. The highest BCUT2D eigenvalue weighted by Crippen LogP contribution is 2.36. The summed E-state index contributed by atoms with van der Waals surface area (Å²) in [6, 6.07) is 4.71. The summed E-state index contributed by atoms with van der Waals surface area (Å²) in [5.74, 6) is 0. The summed E-state index contributed by atoms with van der Waals surface area (Å²) in [7, 11) is 0. The number of thiazole rings is 1. The van der Waals surface area contributed by atoms with Crippen LogP contribution in [0, 0.1) is 10.1 Å². The van der Waals surface area contributed by atoms with Gasteiger partial charge in [0.05, 0.1) is 15.1 Å². The molecule has 6 nitrogen and oxygen atoms in total. The van der Waals surface area contributed by atoms with E-state index in [9.17, 15) is 10.1 Å². The molecule has 0 unspecified atom stereocenters. The minimum Gasteiger partial charge on any atom is -0.258 e. The molecule has 3 rings (SSSR count). The molecule has 0 N–H and O–H groups in total. The molecular weight excluding hydrogens is 328 g/mol. The van der Waals surface area contributed by atoms with E-state index in [1.165, 1.54) is 29.2 Å². The number of non-ortho nitro benzene ring substituents is 1. The Balaban J connectivity index is 1.84. The van der Waals surface area contributed by atoms with Crippen LogP contribution >= 0.6 is 34.4 Å². The molecule has 2 heterocycles. The fourth-order valence-electron chi connectivity index (χ4n) is 1.72. The molecule has 1 aromatic carbocycles. The topological polar surface area (TPSA) is 81.8 Å². The number of nitro benzene ring substituents is 1. The van der Waals surface area contributed by atoms with Gasteiger partial charge in [0.1, 0.15) is 5.01 Å². The summed E-state index contributed by atoms with van der Waals surface area (Å²) in [4.78, 5) is 14.8. The first kappa shape index (κ1) is 14.4. The van der Waals surface area contributed by atoms with Crippen LogP contribution in [0.4, 0.5) is 5.69 Å². The molecule has 0 aliphatic rings. The average Bonchev–Trinajstić information content (AvgIpc) is 3.04. The van der Waals surface area contributed by atoms with Gasteiger partial charge in [-0.1, -0.05) is 18.3 Å². The van der Waals surface area contributed by atoms with Crippen molar-refractivity contribution in [2.45, 2.75) is 28.4 Å². The Morgan fingerprint density at radius 2 is 2.14 bits per heavy atom. The Hall–Kier alpha value is -1.58. The highest BCUT2D eigenvalue weighted by molar-refractivity contribution is 8.02. The maximum absolute atomic E-state index is 10.8. The van der Waals surface area contributed by atoms with Crippen LogP contribution in [0.1, 0.15) is 18.4 Å². The van der Waals surface area contributed by atoms with Crippen molar-refractivity contribution in [1.82, 2.24) is 15.2 Å². The normalized spacial score (nSPS) is 11.1. The molecule has 108 valence electrons. The van der Waals surface area contributed by atoms with Gasteiger partial charge in [-0.2, -0.15) is 0 Å². The molecule has 3 aromatic rings. The lowest BCUT2D eigenvalue weighted by Gasteiger charge is -1.88. The Morgan fingerprint density at radius 1 is 1.29 bits per heavy atom. The van der Waals surface area contributed by atoms with Gasteiger partial charge in [0, 0.05) is 18.6 Å². The number of hydrogen-bond acceptors (Lipinski definition) is 8. The van der Waals surface area contributed by atoms with E-state index in [1.807, 2.05) is 0 Å². The van der Waals surface area contributed by atoms with E-state index < -0.39 is 4.92 Å². The first-order valence-corrected chi connectivity index (χ1v) is 8.66. The van der Waals surface area contributed by atoms with Crippen LogP contribution in [0.2, 0.25) is 0 Å². The summed E-state index contributed by atoms with van der Waals surface area (Å²) in [6.45, 7) is 2.11. The van der Waals surface area contributed by atoms with Gasteiger partial charge in [-0.05, 0) is 24.2 Å². The second-order valence-electron chi connectivity index (χ2n) is 4.20. The van der Waals surface area contributed by atoms with Gasteiger partial charge in [0.25, 0.3) is 5.69 Å². The first-order chi connectivity index (χ1) is 10.2. The van der Waals surface area contributed by atoms with Crippen LogP contribution < -0.4 is 0 Å². The number of aryl methyl sites for hydroxylation is 1. The predicted octanol–water partition coefficient (Wildman–Crippen LogP) is 4.16. The predicted molar refractivity (Wildman–Crippen MR) is 84.3 cm³/mol. The summed E-state index contributed by atoms with van der Waals surface area (Å²) < 4.78 is 2.49. The molecular formula is C12H10N4O2S3. The molecule has 0 saturated carbocycles. The van der Waals surface area contributed by atoms with Crippen molar-refractivity contribution in [2.75, 3.05) is 0 Å². The number of aromatic nitrogens is 3. The summed E-state index contributed by atoms with van der Waals surface area (Å²) in [6.07, 6.45) is 1.98. The van der Waals surface area contributed by atoms with Gasteiger partial charge in [-0.15, -0.1) is 21.5 Å². The van der Waals surface area contributed by atoms with Crippen molar-refractivity contribution in [1.29, 1.82) is 0 Å². The Labute approximate surface area is 132 Å². The van der Waals surface area contributed by atoms with Gasteiger partial charge in [-0.25, -0.2) is 4.98 Å². The van der Waals surface area contributed by atoms with Crippen LogP contribution in [-0.2, 0) is 6.42 Å². The van der Waals surface area contributed by atoms with E-state index in [0.29, 0.717) is 0 Å². The Bertz CT molecular complexity index is 799. The molecule has 0 bridgehead atoms. The lowest BCUT2D eigenvalue weighted by atomic mass is 10.3. The number of fused-ring (bicyclic) bond motifs is 1. The van der Waals surface area contributed by atoms with Gasteiger partial charge in [0.15, 0.2) is 8.68 Å². The Kier molecular flexibility index (Phi) is 4.13. The molecule has 0 saturated heterocycles. The second-order valence-corrected chi connectivity index (χ2v) is 7.79. The lowest BCUT2D eigenvalue weighted by molar-refractivity contribution is -0.384. The van der Waals surface area contributed by atoms with E-state index in [-0.39, 0.29) is 5.69 Å². The van der Waals surface area contributed by atoms with Crippen LogP contribution in [0.25, 0.3) is 10.2 Å². The smallest absolute Gasteiger partial charge is 0.258 e. The first-order valence-electron chi connectivity index (χ1n) is 6.21.